The lowest BCUT2D eigenvalue weighted by Gasteiger charge is -2.38. The van der Waals surface area contributed by atoms with Crippen LogP contribution in [0.15, 0.2) is 10.6 Å². The maximum atomic E-state index is 12.5. The normalized spacial score (nSPS) is 24.6. The van der Waals surface area contributed by atoms with E-state index >= 15 is 0 Å². The standard InChI is InChI=1S/C14H22N2O2/c1-9(2)13-8-12(15-18-13)14(17)16-10(3)6-5-7-11(16)4/h8-11H,5-7H2,1-4H3. The molecule has 0 N–H and O–H groups in total. The van der Waals surface area contributed by atoms with Crippen molar-refractivity contribution in [3.63, 3.8) is 0 Å². The monoisotopic (exact) mass is 250 g/mol. The van der Waals surface area contributed by atoms with Crippen LogP contribution >= 0.6 is 0 Å². The summed E-state index contributed by atoms with van der Waals surface area (Å²) in [5.41, 5.74) is 0.444. The van der Waals surface area contributed by atoms with Gasteiger partial charge in [-0.3, -0.25) is 4.79 Å². The topological polar surface area (TPSA) is 46.3 Å². The molecule has 1 aromatic heterocycles. The molecule has 0 spiro atoms. The molecule has 0 saturated carbocycles. The van der Waals surface area contributed by atoms with Crippen LogP contribution in [0.25, 0.3) is 0 Å². The van der Waals surface area contributed by atoms with Gasteiger partial charge in [-0.05, 0) is 33.1 Å². The van der Waals surface area contributed by atoms with Gasteiger partial charge >= 0.3 is 0 Å². The van der Waals surface area contributed by atoms with Crippen LogP contribution < -0.4 is 0 Å². The van der Waals surface area contributed by atoms with Crippen LogP contribution in [-0.4, -0.2) is 28.0 Å². The largest absolute Gasteiger partial charge is 0.360 e. The van der Waals surface area contributed by atoms with Gasteiger partial charge in [-0.1, -0.05) is 19.0 Å². The number of hydrogen-bond acceptors (Lipinski definition) is 3. The van der Waals surface area contributed by atoms with E-state index in [0.717, 1.165) is 18.6 Å². The fraction of sp³-hybridized carbons (Fsp3) is 0.714. The van der Waals surface area contributed by atoms with E-state index in [0.29, 0.717) is 17.8 Å². The van der Waals surface area contributed by atoms with E-state index in [-0.39, 0.29) is 11.8 Å². The second-order valence-electron chi connectivity index (χ2n) is 5.61. The van der Waals surface area contributed by atoms with E-state index in [9.17, 15) is 4.79 Å². The molecule has 2 rings (SSSR count). The molecule has 1 amide bonds. The van der Waals surface area contributed by atoms with Gasteiger partial charge in [-0.2, -0.15) is 0 Å². The van der Waals surface area contributed by atoms with E-state index in [2.05, 4.69) is 19.0 Å². The zero-order chi connectivity index (χ0) is 13.3. The Bertz CT molecular complexity index is 415. The molecule has 0 bridgehead atoms. The molecule has 1 aliphatic rings. The molecule has 4 nitrogen and oxygen atoms in total. The Morgan fingerprint density at radius 1 is 1.39 bits per heavy atom. The van der Waals surface area contributed by atoms with Crippen molar-refractivity contribution < 1.29 is 9.32 Å². The van der Waals surface area contributed by atoms with Crippen molar-refractivity contribution in [1.29, 1.82) is 0 Å². The number of hydrogen-bond donors (Lipinski definition) is 0. The first-order valence-corrected chi connectivity index (χ1v) is 6.80. The smallest absolute Gasteiger partial charge is 0.276 e. The first-order chi connectivity index (χ1) is 8.50. The summed E-state index contributed by atoms with van der Waals surface area (Å²) >= 11 is 0. The van der Waals surface area contributed by atoms with Crippen LogP contribution in [0.3, 0.4) is 0 Å². The lowest BCUT2D eigenvalue weighted by atomic mass is 9.97. The van der Waals surface area contributed by atoms with Gasteiger partial charge in [0.1, 0.15) is 5.76 Å². The van der Waals surface area contributed by atoms with Crippen LogP contribution in [0.5, 0.6) is 0 Å². The van der Waals surface area contributed by atoms with E-state index < -0.39 is 0 Å². The molecule has 0 aliphatic carbocycles. The highest BCUT2D eigenvalue weighted by molar-refractivity contribution is 5.92. The fourth-order valence-electron chi connectivity index (χ4n) is 2.62. The Balaban J connectivity index is 2.18. The minimum absolute atomic E-state index is 0.00495. The first kappa shape index (κ1) is 13.1. The summed E-state index contributed by atoms with van der Waals surface area (Å²) in [6.07, 6.45) is 3.35. The summed E-state index contributed by atoms with van der Waals surface area (Å²) in [4.78, 5) is 14.4. The molecular weight excluding hydrogens is 228 g/mol. The number of aromatic nitrogens is 1. The van der Waals surface area contributed by atoms with E-state index in [1.807, 2.05) is 18.7 Å². The quantitative estimate of drug-likeness (QED) is 0.809. The maximum absolute atomic E-state index is 12.5. The van der Waals surface area contributed by atoms with Crippen LogP contribution in [0, 0.1) is 0 Å². The number of amides is 1. The predicted molar refractivity (Wildman–Crippen MR) is 69.5 cm³/mol. The Labute approximate surface area is 108 Å². The molecule has 1 aliphatic heterocycles. The van der Waals surface area contributed by atoms with Crippen molar-refractivity contribution in [3.8, 4) is 0 Å². The third-order valence-corrected chi connectivity index (χ3v) is 3.74. The molecule has 1 aromatic rings. The van der Waals surface area contributed by atoms with Gasteiger partial charge in [0.05, 0.1) is 0 Å². The van der Waals surface area contributed by atoms with E-state index in [1.165, 1.54) is 6.42 Å². The molecule has 2 unspecified atom stereocenters. The Morgan fingerprint density at radius 2 is 2.00 bits per heavy atom. The van der Waals surface area contributed by atoms with Gasteiger partial charge in [0.25, 0.3) is 5.91 Å². The van der Waals surface area contributed by atoms with Crippen molar-refractivity contribution in [2.24, 2.45) is 0 Å². The minimum Gasteiger partial charge on any atom is -0.360 e. The van der Waals surface area contributed by atoms with Crippen LogP contribution in [0.4, 0.5) is 0 Å². The Kier molecular flexibility index (Phi) is 3.73. The van der Waals surface area contributed by atoms with Gasteiger partial charge in [0.15, 0.2) is 5.69 Å². The molecule has 2 heterocycles. The number of likely N-dealkylation sites (tertiary alicyclic amines) is 1. The molecule has 4 heteroatoms. The highest BCUT2D eigenvalue weighted by Crippen LogP contribution is 2.25. The summed E-state index contributed by atoms with van der Waals surface area (Å²) in [6.45, 7) is 8.27. The third-order valence-electron chi connectivity index (χ3n) is 3.74. The van der Waals surface area contributed by atoms with Gasteiger partial charge in [0, 0.05) is 24.1 Å². The van der Waals surface area contributed by atoms with Crippen molar-refractivity contribution >= 4 is 5.91 Å². The maximum Gasteiger partial charge on any atom is 0.276 e. The summed E-state index contributed by atoms with van der Waals surface area (Å²) in [6, 6.07) is 2.36. The zero-order valence-electron chi connectivity index (χ0n) is 11.6. The molecule has 1 fully saturated rings. The van der Waals surface area contributed by atoms with Crippen molar-refractivity contribution in [2.75, 3.05) is 0 Å². The summed E-state index contributed by atoms with van der Waals surface area (Å²) in [5.74, 6) is 1.04. The fourth-order valence-corrected chi connectivity index (χ4v) is 2.62. The third kappa shape index (κ3) is 2.42. The highest BCUT2D eigenvalue weighted by atomic mass is 16.5. The van der Waals surface area contributed by atoms with Crippen LogP contribution in [0.1, 0.15) is 69.1 Å². The van der Waals surface area contributed by atoms with Gasteiger partial charge in [0.2, 0.25) is 0 Å². The Hall–Kier alpha value is -1.32. The number of rotatable bonds is 2. The average Bonchev–Trinajstić information content (AvgIpc) is 2.77. The first-order valence-electron chi connectivity index (χ1n) is 6.80. The molecular formula is C14H22N2O2. The average molecular weight is 250 g/mol. The summed E-state index contributed by atoms with van der Waals surface area (Å²) in [5, 5.41) is 3.92. The van der Waals surface area contributed by atoms with E-state index in [4.69, 9.17) is 4.52 Å². The van der Waals surface area contributed by atoms with Crippen molar-refractivity contribution in [2.45, 2.75) is 65.0 Å². The lowest BCUT2D eigenvalue weighted by Crippen LogP contribution is -2.47. The lowest BCUT2D eigenvalue weighted by molar-refractivity contribution is 0.0500. The van der Waals surface area contributed by atoms with Gasteiger partial charge < -0.3 is 9.42 Å². The minimum atomic E-state index is 0.00495. The second-order valence-corrected chi connectivity index (χ2v) is 5.61. The number of nitrogens with zero attached hydrogens (tertiary/aromatic N) is 2. The van der Waals surface area contributed by atoms with Crippen molar-refractivity contribution in [3.05, 3.63) is 17.5 Å². The van der Waals surface area contributed by atoms with Crippen molar-refractivity contribution in [1.82, 2.24) is 10.1 Å². The Morgan fingerprint density at radius 3 is 2.50 bits per heavy atom. The molecule has 18 heavy (non-hydrogen) atoms. The number of piperidine rings is 1. The van der Waals surface area contributed by atoms with Gasteiger partial charge in [-0.25, -0.2) is 0 Å². The van der Waals surface area contributed by atoms with Gasteiger partial charge in [-0.15, -0.1) is 0 Å². The van der Waals surface area contributed by atoms with Crippen LogP contribution in [-0.2, 0) is 0 Å². The number of carbonyl (C=O) groups is 1. The summed E-state index contributed by atoms with van der Waals surface area (Å²) in [7, 11) is 0. The molecule has 1 saturated heterocycles. The molecule has 100 valence electrons. The molecule has 2 atom stereocenters. The van der Waals surface area contributed by atoms with Crippen LogP contribution in [0.2, 0.25) is 0 Å². The molecule has 0 aromatic carbocycles. The number of carbonyl (C=O) groups excluding carboxylic acids is 1. The van der Waals surface area contributed by atoms with E-state index in [1.54, 1.807) is 6.07 Å². The molecule has 0 radical (unpaired) electrons. The summed E-state index contributed by atoms with van der Waals surface area (Å²) < 4.78 is 5.21. The predicted octanol–water partition coefficient (Wildman–Crippen LogP) is 3.20. The SMILES string of the molecule is CC(C)c1cc(C(=O)N2C(C)CCCC2C)no1. The highest BCUT2D eigenvalue weighted by Gasteiger charge is 2.31. The zero-order valence-corrected chi connectivity index (χ0v) is 11.6. The second kappa shape index (κ2) is 5.12.